The van der Waals surface area contributed by atoms with Crippen molar-refractivity contribution < 1.29 is 14.4 Å². The van der Waals surface area contributed by atoms with E-state index in [1.165, 1.54) is 17.6 Å². The Bertz CT molecular complexity index is 769. The molecule has 26 heavy (non-hydrogen) atoms. The molecule has 1 fully saturated rings. The second kappa shape index (κ2) is 8.83. The lowest BCUT2D eigenvalue weighted by Gasteiger charge is -2.30. The van der Waals surface area contributed by atoms with E-state index in [4.69, 9.17) is 16.3 Å². The zero-order valence-corrected chi connectivity index (χ0v) is 15.6. The average molecular weight is 373 g/mol. The minimum atomic E-state index is -0.328. The maximum absolute atomic E-state index is 11.4. The number of methoxy groups -OCH3 is 1. The molecule has 136 valence electrons. The first-order valence-corrected chi connectivity index (χ1v) is 9.08. The van der Waals surface area contributed by atoms with Crippen LogP contribution in [-0.4, -0.2) is 50.5 Å². The van der Waals surface area contributed by atoms with Gasteiger partial charge in [0.15, 0.2) is 0 Å². The van der Waals surface area contributed by atoms with E-state index in [0.29, 0.717) is 5.56 Å². The van der Waals surface area contributed by atoms with Crippen molar-refractivity contribution in [3.05, 3.63) is 70.2 Å². The lowest BCUT2D eigenvalue weighted by Crippen LogP contribution is -3.13. The highest BCUT2D eigenvalue weighted by molar-refractivity contribution is 6.31. The first kappa shape index (κ1) is 18.4. The van der Waals surface area contributed by atoms with Crippen LogP contribution in [0.15, 0.2) is 53.6 Å². The van der Waals surface area contributed by atoms with Crippen LogP contribution in [0.2, 0.25) is 5.02 Å². The summed E-state index contributed by atoms with van der Waals surface area (Å²) in [6.45, 7) is 4.84. The van der Waals surface area contributed by atoms with Crippen LogP contribution >= 0.6 is 11.6 Å². The number of esters is 1. The van der Waals surface area contributed by atoms with Gasteiger partial charge in [-0.25, -0.2) is 4.79 Å². The molecule has 1 heterocycles. The zero-order valence-electron chi connectivity index (χ0n) is 14.8. The molecule has 0 amide bonds. The first-order chi connectivity index (χ1) is 12.7. The summed E-state index contributed by atoms with van der Waals surface area (Å²) in [4.78, 5) is 13.0. The molecule has 2 aromatic rings. The third-order valence-corrected chi connectivity index (χ3v) is 4.92. The topological polar surface area (TPSA) is 46.3 Å². The van der Waals surface area contributed by atoms with Crippen LogP contribution in [0.4, 0.5) is 0 Å². The van der Waals surface area contributed by atoms with Gasteiger partial charge in [0.25, 0.3) is 0 Å². The highest BCUT2D eigenvalue weighted by atomic mass is 35.5. The molecule has 0 atom stereocenters. The average Bonchev–Trinajstić information content (AvgIpc) is 2.69. The quantitative estimate of drug-likeness (QED) is 0.643. The lowest BCUT2D eigenvalue weighted by atomic mass is 10.1. The molecule has 0 saturated carbocycles. The molecule has 0 aromatic heterocycles. The van der Waals surface area contributed by atoms with E-state index < -0.39 is 0 Å². The molecular weight excluding hydrogens is 350 g/mol. The second-order valence-corrected chi connectivity index (χ2v) is 6.74. The number of piperazine rings is 1. The van der Waals surface area contributed by atoms with Crippen molar-refractivity contribution in [3.8, 4) is 0 Å². The van der Waals surface area contributed by atoms with E-state index >= 15 is 0 Å². The molecule has 6 heteroatoms. The van der Waals surface area contributed by atoms with E-state index in [9.17, 15) is 4.79 Å². The van der Waals surface area contributed by atoms with Crippen LogP contribution in [0.25, 0.3) is 0 Å². The molecule has 3 rings (SSSR count). The summed E-state index contributed by atoms with van der Waals surface area (Å²) in [5.74, 6) is -0.328. The van der Waals surface area contributed by atoms with Crippen molar-refractivity contribution in [2.45, 2.75) is 6.54 Å². The smallest absolute Gasteiger partial charge is 0.337 e. The van der Waals surface area contributed by atoms with Gasteiger partial charge in [-0.1, -0.05) is 41.9 Å². The summed E-state index contributed by atoms with van der Waals surface area (Å²) in [5, 5.41) is 7.49. The molecular formula is C20H23ClN3O2+. The number of hydrogen-bond acceptors (Lipinski definition) is 4. The molecule has 0 bridgehead atoms. The summed E-state index contributed by atoms with van der Waals surface area (Å²) in [5.41, 5.74) is 2.71. The second-order valence-electron chi connectivity index (χ2n) is 6.33. The van der Waals surface area contributed by atoms with E-state index in [0.717, 1.165) is 43.3 Å². The van der Waals surface area contributed by atoms with Gasteiger partial charge in [-0.05, 0) is 23.8 Å². The Morgan fingerprint density at radius 1 is 1.19 bits per heavy atom. The monoisotopic (exact) mass is 372 g/mol. The van der Waals surface area contributed by atoms with E-state index in [2.05, 4.69) is 16.2 Å². The van der Waals surface area contributed by atoms with Crippen molar-refractivity contribution in [2.24, 2.45) is 5.10 Å². The van der Waals surface area contributed by atoms with Crippen molar-refractivity contribution in [1.82, 2.24) is 5.01 Å². The van der Waals surface area contributed by atoms with Gasteiger partial charge in [-0.3, -0.25) is 5.01 Å². The van der Waals surface area contributed by atoms with Crippen LogP contribution in [0.5, 0.6) is 0 Å². The third-order valence-electron chi connectivity index (χ3n) is 4.55. The standard InChI is InChI=1S/C20H22ClN3O2/c1-26-20(25)17-8-6-16(7-9-17)14-22-24-12-10-23(11-13-24)15-18-4-2-3-5-19(18)21/h2-9,14H,10-13,15H2,1H3/p+1. The Kier molecular flexibility index (Phi) is 6.26. The van der Waals surface area contributed by atoms with Crippen LogP contribution in [0, 0.1) is 0 Å². The minimum absolute atomic E-state index is 0.328. The van der Waals surface area contributed by atoms with Gasteiger partial charge in [0.05, 0.1) is 45.1 Å². The highest BCUT2D eigenvalue weighted by Crippen LogP contribution is 2.13. The van der Waals surface area contributed by atoms with Crippen molar-refractivity contribution >= 4 is 23.8 Å². The van der Waals surface area contributed by atoms with Crippen LogP contribution in [-0.2, 0) is 11.3 Å². The summed E-state index contributed by atoms with van der Waals surface area (Å²) in [6, 6.07) is 15.3. The van der Waals surface area contributed by atoms with Gasteiger partial charge in [0.1, 0.15) is 6.54 Å². The molecule has 2 aromatic carbocycles. The number of hydrazone groups is 1. The number of carbonyl (C=O) groups is 1. The molecule has 0 unspecified atom stereocenters. The highest BCUT2D eigenvalue weighted by Gasteiger charge is 2.19. The van der Waals surface area contributed by atoms with Gasteiger partial charge in [-0.15, -0.1) is 0 Å². The summed E-state index contributed by atoms with van der Waals surface area (Å²) < 4.78 is 4.70. The van der Waals surface area contributed by atoms with E-state index in [1.807, 2.05) is 36.5 Å². The Morgan fingerprint density at radius 3 is 2.54 bits per heavy atom. The molecule has 1 aliphatic heterocycles. The largest absolute Gasteiger partial charge is 0.465 e. The Morgan fingerprint density at radius 2 is 1.88 bits per heavy atom. The fraction of sp³-hybridized carbons (Fsp3) is 0.300. The minimum Gasteiger partial charge on any atom is -0.465 e. The Hall–Kier alpha value is -2.37. The summed E-state index contributed by atoms with van der Waals surface area (Å²) in [7, 11) is 1.38. The van der Waals surface area contributed by atoms with Gasteiger partial charge in [0.2, 0.25) is 0 Å². The van der Waals surface area contributed by atoms with Crippen LogP contribution in [0.1, 0.15) is 21.5 Å². The lowest BCUT2D eigenvalue weighted by molar-refractivity contribution is -0.918. The van der Waals surface area contributed by atoms with Gasteiger partial charge in [-0.2, -0.15) is 5.10 Å². The number of hydrogen-bond donors (Lipinski definition) is 1. The third kappa shape index (κ3) is 4.84. The molecule has 0 spiro atoms. The molecule has 0 radical (unpaired) electrons. The van der Waals surface area contributed by atoms with Crippen molar-refractivity contribution in [1.29, 1.82) is 0 Å². The molecule has 5 nitrogen and oxygen atoms in total. The number of nitrogens with one attached hydrogen (secondary N) is 1. The maximum Gasteiger partial charge on any atom is 0.337 e. The normalized spacial score (nSPS) is 15.4. The van der Waals surface area contributed by atoms with Crippen LogP contribution in [0.3, 0.4) is 0 Å². The number of rotatable bonds is 5. The maximum atomic E-state index is 11.4. The number of halogens is 1. The fourth-order valence-electron chi connectivity index (χ4n) is 2.99. The first-order valence-electron chi connectivity index (χ1n) is 8.70. The molecule has 1 aliphatic rings. The van der Waals surface area contributed by atoms with Crippen LogP contribution < -0.4 is 4.90 Å². The van der Waals surface area contributed by atoms with Gasteiger partial charge < -0.3 is 9.64 Å². The zero-order chi connectivity index (χ0) is 18.4. The number of ether oxygens (including phenoxy) is 1. The van der Waals surface area contributed by atoms with Gasteiger partial charge in [0, 0.05) is 10.6 Å². The molecule has 1 saturated heterocycles. The fourth-order valence-corrected chi connectivity index (χ4v) is 3.19. The van der Waals surface area contributed by atoms with E-state index in [1.54, 1.807) is 12.1 Å². The number of benzene rings is 2. The number of quaternary nitrogens is 1. The number of carbonyl (C=O) groups excluding carboxylic acids is 1. The van der Waals surface area contributed by atoms with Gasteiger partial charge >= 0.3 is 5.97 Å². The molecule has 0 aliphatic carbocycles. The van der Waals surface area contributed by atoms with Crippen molar-refractivity contribution in [2.75, 3.05) is 33.3 Å². The SMILES string of the molecule is COC(=O)c1ccc(C=NN2CC[NH+](Cc3ccccc3Cl)CC2)cc1. The Labute approximate surface area is 158 Å². The predicted octanol–water partition coefficient (Wildman–Crippen LogP) is 1.86. The Balaban J connectivity index is 1.50. The predicted molar refractivity (Wildman–Crippen MR) is 103 cm³/mol. The molecule has 1 N–H and O–H groups in total. The van der Waals surface area contributed by atoms with Crippen molar-refractivity contribution in [3.63, 3.8) is 0 Å². The van der Waals surface area contributed by atoms with E-state index in [-0.39, 0.29) is 5.97 Å². The summed E-state index contributed by atoms with van der Waals surface area (Å²) in [6.07, 6.45) is 1.83. The summed E-state index contributed by atoms with van der Waals surface area (Å²) >= 11 is 6.25. The number of nitrogens with zero attached hydrogens (tertiary/aromatic N) is 2.